The predicted molar refractivity (Wildman–Crippen MR) is 77.4 cm³/mol. The van der Waals surface area contributed by atoms with Crippen LogP contribution >= 0.6 is 0 Å². The van der Waals surface area contributed by atoms with Gasteiger partial charge in [0.25, 0.3) is 5.91 Å². The van der Waals surface area contributed by atoms with Crippen LogP contribution in [0.15, 0.2) is 24.3 Å². The van der Waals surface area contributed by atoms with Crippen molar-refractivity contribution in [2.45, 2.75) is 37.8 Å². The summed E-state index contributed by atoms with van der Waals surface area (Å²) in [7, 11) is 0. The number of ether oxygens (including phenoxy) is 2. The maximum Gasteiger partial charge on any atom is 0.267 e. The lowest BCUT2D eigenvalue weighted by atomic mass is 9.91. The summed E-state index contributed by atoms with van der Waals surface area (Å²) < 4.78 is 11.4. The molecule has 3 rings (SSSR count). The number of nitrogens with zero attached hydrogens (tertiary/aromatic N) is 1. The number of benzene rings is 1. The first kappa shape index (κ1) is 14.2. The first-order valence-corrected chi connectivity index (χ1v) is 7.59. The number of aliphatic hydroxyl groups excluding tert-OH is 1. The van der Waals surface area contributed by atoms with Crippen molar-refractivity contribution in [3.05, 3.63) is 24.3 Å². The second-order valence-corrected chi connectivity index (χ2v) is 5.56. The number of fused-ring (bicyclic) bond motifs is 1. The summed E-state index contributed by atoms with van der Waals surface area (Å²) in [5, 5.41) is 9.02. The van der Waals surface area contributed by atoms with Crippen molar-refractivity contribution < 1.29 is 19.4 Å². The minimum Gasteiger partial charge on any atom is -0.485 e. The monoisotopic (exact) mass is 291 g/mol. The number of hydrogen-bond donors (Lipinski definition) is 1. The molecule has 1 saturated carbocycles. The van der Waals surface area contributed by atoms with Crippen molar-refractivity contribution in [2.24, 2.45) is 0 Å². The van der Waals surface area contributed by atoms with Crippen LogP contribution in [0.3, 0.4) is 0 Å². The first-order valence-electron chi connectivity index (χ1n) is 7.59. The molecule has 21 heavy (non-hydrogen) atoms. The highest BCUT2D eigenvalue weighted by Gasteiger charge is 2.36. The van der Waals surface area contributed by atoms with Crippen LogP contribution in [-0.2, 0) is 4.79 Å². The fraction of sp³-hybridized carbons (Fsp3) is 0.562. The quantitative estimate of drug-likeness (QED) is 0.895. The zero-order chi connectivity index (χ0) is 14.7. The second-order valence-electron chi connectivity index (χ2n) is 5.56. The van der Waals surface area contributed by atoms with Gasteiger partial charge in [-0.2, -0.15) is 0 Å². The highest BCUT2D eigenvalue weighted by Crippen LogP contribution is 2.32. The van der Waals surface area contributed by atoms with Crippen molar-refractivity contribution in [3.63, 3.8) is 0 Å². The number of para-hydroxylation sites is 2. The summed E-state index contributed by atoms with van der Waals surface area (Å²) in [5.74, 6) is 1.28. The van der Waals surface area contributed by atoms with Crippen LogP contribution < -0.4 is 9.47 Å². The van der Waals surface area contributed by atoms with E-state index in [4.69, 9.17) is 14.6 Å². The predicted octanol–water partition coefficient (Wildman–Crippen LogP) is 1.59. The number of amides is 1. The van der Waals surface area contributed by atoms with Gasteiger partial charge in [0.05, 0.1) is 0 Å². The fourth-order valence-electron chi connectivity index (χ4n) is 2.74. The molecule has 1 aliphatic carbocycles. The maximum absolute atomic E-state index is 12.7. The summed E-state index contributed by atoms with van der Waals surface area (Å²) in [6.45, 7) is 0.932. The molecule has 0 radical (unpaired) electrons. The van der Waals surface area contributed by atoms with Crippen LogP contribution in [0.25, 0.3) is 0 Å². The van der Waals surface area contributed by atoms with Crippen molar-refractivity contribution in [1.29, 1.82) is 0 Å². The summed E-state index contributed by atoms with van der Waals surface area (Å²) in [4.78, 5) is 14.6. The second kappa shape index (κ2) is 6.35. The van der Waals surface area contributed by atoms with Gasteiger partial charge in [0.1, 0.15) is 6.61 Å². The van der Waals surface area contributed by atoms with Gasteiger partial charge >= 0.3 is 0 Å². The summed E-state index contributed by atoms with van der Waals surface area (Å²) in [6.07, 6.45) is 3.27. The van der Waals surface area contributed by atoms with E-state index in [2.05, 4.69) is 0 Å². The highest BCUT2D eigenvalue weighted by atomic mass is 16.6. The molecule has 114 valence electrons. The molecule has 1 aromatic carbocycles. The molecule has 0 aromatic heterocycles. The minimum atomic E-state index is -0.584. The van der Waals surface area contributed by atoms with E-state index in [1.807, 2.05) is 29.2 Å². The molecule has 2 aliphatic rings. The first-order chi connectivity index (χ1) is 10.3. The number of rotatable bonds is 5. The Morgan fingerprint density at radius 3 is 2.71 bits per heavy atom. The largest absolute Gasteiger partial charge is 0.485 e. The van der Waals surface area contributed by atoms with E-state index in [-0.39, 0.29) is 19.1 Å². The summed E-state index contributed by atoms with van der Waals surface area (Å²) in [6, 6.07) is 7.70. The Bertz CT molecular complexity index is 501. The average Bonchev–Trinajstić information content (AvgIpc) is 2.48. The normalized spacial score (nSPS) is 20.7. The molecule has 1 amide bonds. The Morgan fingerprint density at radius 1 is 1.29 bits per heavy atom. The molecule has 5 heteroatoms. The van der Waals surface area contributed by atoms with Gasteiger partial charge in [0, 0.05) is 19.2 Å². The van der Waals surface area contributed by atoms with Crippen molar-refractivity contribution >= 4 is 5.91 Å². The van der Waals surface area contributed by atoms with Crippen molar-refractivity contribution in [1.82, 2.24) is 4.90 Å². The average molecular weight is 291 g/mol. The van der Waals surface area contributed by atoms with Gasteiger partial charge in [-0.15, -0.1) is 0 Å². The molecule has 1 aromatic rings. The Hall–Kier alpha value is -1.75. The molecule has 1 fully saturated rings. The number of aliphatic hydroxyl groups is 1. The van der Waals surface area contributed by atoms with Crippen LogP contribution in [0.1, 0.15) is 25.7 Å². The molecule has 0 spiro atoms. The SMILES string of the molecule is O=C(C1COc2ccccc2O1)N(CCCO)C1CCC1. The third-order valence-corrected chi connectivity index (χ3v) is 4.14. The van der Waals surface area contributed by atoms with Gasteiger partial charge in [-0.3, -0.25) is 4.79 Å². The lowest BCUT2D eigenvalue weighted by Gasteiger charge is -2.40. The van der Waals surface area contributed by atoms with Gasteiger partial charge in [0.15, 0.2) is 11.5 Å². The standard InChI is InChI=1S/C16H21NO4/c18-10-4-9-17(12-5-3-6-12)16(19)15-11-20-13-7-1-2-8-14(13)21-15/h1-2,7-8,12,15,18H,3-6,9-11H2. The molecule has 1 aliphatic heterocycles. The van der Waals surface area contributed by atoms with E-state index in [9.17, 15) is 4.79 Å². The molecule has 1 N–H and O–H groups in total. The highest BCUT2D eigenvalue weighted by molar-refractivity contribution is 5.82. The third-order valence-electron chi connectivity index (χ3n) is 4.14. The van der Waals surface area contributed by atoms with Crippen LogP contribution in [0, 0.1) is 0 Å². The van der Waals surface area contributed by atoms with Crippen molar-refractivity contribution in [3.8, 4) is 11.5 Å². The minimum absolute atomic E-state index is 0.0253. The molecule has 1 heterocycles. The molecule has 0 saturated heterocycles. The topological polar surface area (TPSA) is 59.0 Å². The molecule has 1 atom stereocenters. The Labute approximate surface area is 124 Å². The van der Waals surface area contributed by atoms with Gasteiger partial charge in [-0.25, -0.2) is 0 Å². The van der Waals surface area contributed by atoms with E-state index in [0.717, 1.165) is 12.8 Å². The molecular formula is C16H21NO4. The molecule has 0 bridgehead atoms. The zero-order valence-corrected chi connectivity index (χ0v) is 12.0. The maximum atomic E-state index is 12.7. The number of carbonyl (C=O) groups is 1. The van der Waals surface area contributed by atoms with Crippen LogP contribution in [0.5, 0.6) is 11.5 Å². The van der Waals surface area contributed by atoms with Crippen molar-refractivity contribution in [2.75, 3.05) is 19.8 Å². The van der Waals surface area contributed by atoms with E-state index in [0.29, 0.717) is 30.5 Å². The Balaban J connectivity index is 1.68. The molecule has 5 nitrogen and oxygen atoms in total. The lowest BCUT2D eigenvalue weighted by Crippen LogP contribution is -2.52. The number of carbonyl (C=O) groups excluding carboxylic acids is 1. The number of hydrogen-bond acceptors (Lipinski definition) is 4. The molecule has 1 unspecified atom stereocenters. The third kappa shape index (κ3) is 2.97. The Morgan fingerprint density at radius 2 is 2.05 bits per heavy atom. The van der Waals surface area contributed by atoms with E-state index in [1.54, 1.807) is 0 Å². The Kier molecular flexibility index (Phi) is 4.29. The van der Waals surface area contributed by atoms with Gasteiger partial charge in [-0.1, -0.05) is 12.1 Å². The summed E-state index contributed by atoms with van der Waals surface area (Å²) in [5.41, 5.74) is 0. The smallest absolute Gasteiger partial charge is 0.267 e. The molecular weight excluding hydrogens is 270 g/mol. The van der Waals surface area contributed by atoms with Crippen LogP contribution in [0.2, 0.25) is 0 Å². The fourth-order valence-corrected chi connectivity index (χ4v) is 2.74. The van der Waals surface area contributed by atoms with Crippen LogP contribution in [-0.4, -0.2) is 47.8 Å². The van der Waals surface area contributed by atoms with Gasteiger partial charge in [0.2, 0.25) is 6.10 Å². The lowest BCUT2D eigenvalue weighted by molar-refractivity contribution is -0.145. The van der Waals surface area contributed by atoms with Gasteiger partial charge < -0.3 is 19.5 Å². The van der Waals surface area contributed by atoms with Gasteiger partial charge in [-0.05, 0) is 37.8 Å². The van der Waals surface area contributed by atoms with E-state index >= 15 is 0 Å². The van der Waals surface area contributed by atoms with E-state index in [1.165, 1.54) is 6.42 Å². The zero-order valence-electron chi connectivity index (χ0n) is 12.0. The van der Waals surface area contributed by atoms with Crippen LogP contribution in [0.4, 0.5) is 0 Å². The summed E-state index contributed by atoms with van der Waals surface area (Å²) >= 11 is 0. The van der Waals surface area contributed by atoms with E-state index < -0.39 is 6.10 Å².